The standard InChI is InChI=1S/C10H12N4O3S/c1-7-3-8(6-15)13-10(12-7)14-5-9(4-11-14)18(2,16)17/h3-5,15H,6H2,1-2H3. The van der Waals surface area contributed by atoms with Crippen LogP contribution in [0, 0.1) is 6.92 Å². The predicted molar refractivity (Wildman–Crippen MR) is 62.9 cm³/mol. The molecule has 0 fully saturated rings. The average Bonchev–Trinajstić information content (AvgIpc) is 2.77. The van der Waals surface area contributed by atoms with Crippen molar-refractivity contribution in [2.45, 2.75) is 18.4 Å². The van der Waals surface area contributed by atoms with Crippen molar-refractivity contribution in [2.75, 3.05) is 6.26 Å². The summed E-state index contributed by atoms with van der Waals surface area (Å²) in [6.45, 7) is 1.54. The third-order valence-electron chi connectivity index (χ3n) is 2.25. The number of hydrogen-bond donors (Lipinski definition) is 1. The summed E-state index contributed by atoms with van der Waals surface area (Å²) >= 11 is 0. The highest BCUT2D eigenvalue weighted by Crippen LogP contribution is 2.10. The molecule has 0 spiro atoms. The lowest BCUT2D eigenvalue weighted by atomic mass is 10.3. The lowest BCUT2D eigenvalue weighted by Gasteiger charge is -2.03. The lowest BCUT2D eigenvalue weighted by molar-refractivity contribution is 0.276. The Bertz CT molecular complexity index is 678. The van der Waals surface area contributed by atoms with Crippen molar-refractivity contribution in [2.24, 2.45) is 0 Å². The molecule has 0 aliphatic heterocycles. The van der Waals surface area contributed by atoms with Crippen LogP contribution in [0.2, 0.25) is 0 Å². The minimum atomic E-state index is -3.30. The number of sulfone groups is 1. The zero-order valence-corrected chi connectivity index (χ0v) is 10.7. The summed E-state index contributed by atoms with van der Waals surface area (Å²) in [5, 5.41) is 13.0. The highest BCUT2D eigenvalue weighted by molar-refractivity contribution is 7.90. The van der Waals surface area contributed by atoms with E-state index in [0.717, 1.165) is 6.26 Å². The van der Waals surface area contributed by atoms with Crippen LogP contribution >= 0.6 is 0 Å². The van der Waals surface area contributed by atoms with Gasteiger partial charge < -0.3 is 5.11 Å². The average molecular weight is 268 g/mol. The van der Waals surface area contributed by atoms with Gasteiger partial charge in [0.25, 0.3) is 5.95 Å². The van der Waals surface area contributed by atoms with Gasteiger partial charge in [-0.1, -0.05) is 0 Å². The number of nitrogens with zero attached hydrogens (tertiary/aromatic N) is 4. The largest absolute Gasteiger partial charge is 0.390 e. The van der Waals surface area contributed by atoms with Crippen molar-refractivity contribution in [3.8, 4) is 5.95 Å². The molecule has 2 heterocycles. The maximum atomic E-state index is 11.3. The molecule has 1 N–H and O–H groups in total. The second-order valence-corrected chi connectivity index (χ2v) is 5.87. The third kappa shape index (κ3) is 2.54. The molecule has 0 aromatic carbocycles. The Morgan fingerprint density at radius 3 is 2.67 bits per heavy atom. The minimum Gasteiger partial charge on any atom is -0.390 e. The van der Waals surface area contributed by atoms with Crippen molar-refractivity contribution in [1.29, 1.82) is 0 Å². The van der Waals surface area contributed by atoms with E-state index in [2.05, 4.69) is 15.1 Å². The van der Waals surface area contributed by atoms with E-state index in [1.54, 1.807) is 13.0 Å². The Balaban J connectivity index is 2.49. The molecule has 7 nitrogen and oxygen atoms in total. The van der Waals surface area contributed by atoms with Gasteiger partial charge in [-0.05, 0) is 13.0 Å². The topological polar surface area (TPSA) is 98.0 Å². The van der Waals surface area contributed by atoms with Crippen LogP contribution in [0.25, 0.3) is 5.95 Å². The number of aryl methyl sites for hydroxylation is 1. The Morgan fingerprint density at radius 1 is 1.39 bits per heavy atom. The maximum Gasteiger partial charge on any atom is 0.251 e. The second kappa shape index (κ2) is 4.46. The van der Waals surface area contributed by atoms with E-state index in [9.17, 15) is 8.42 Å². The number of hydrogen-bond acceptors (Lipinski definition) is 6. The fraction of sp³-hybridized carbons (Fsp3) is 0.300. The normalized spacial score (nSPS) is 11.7. The molecule has 0 saturated carbocycles. The van der Waals surface area contributed by atoms with Crippen LogP contribution in [0.5, 0.6) is 0 Å². The number of aliphatic hydroxyl groups excluding tert-OH is 1. The van der Waals surface area contributed by atoms with Gasteiger partial charge in [0.05, 0.1) is 24.7 Å². The van der Waals surface area contributed by atoms with Gasteiger partial charge in [0, 0.05) is 11.9 Å². The van der Waals surface area contributed by atoms with E-state index in [1.807, 2.05) is 0 Å². The molecule has 0 saturated heterocycles. The van der Waals surface area contributed by atoms with Crippen molar-refractivity contribution in [3.05, 3.63) is 29.8 Å². The van der Waals surface area contributed by atoms with E-state index < -0.39 is 9.84 Å². The van der Waals surface area contributed by atoms with Crippen LogP contribution in [0.3, 0.4) is 0 Å². The lowest BCUT2D eigenvalue weighted by Crippen LogP contribution is -2.05. The first-order valence-corrected chi connectivity index (χ1v) is 7.00. The molecular weight excluding hydrogens is 256 g/mol. The summed E-state index contributed by atoms with van der Waals surface area (Å²) in [6, 6.07) is 1.64. The molecule has 0 bridgehead atoms. The smallest absolute Gasteiger partial charge is 0.251 e. The zero-order chi connectivity index (χ0) is 13.3. The number of aromatic nitrogens is 4. The summed E-state index contributed by atoms with van der Waals surface area (Å²) in [6.07, 6.45) is 3.68. The molecule has 2 aromatic heterocycles. The molecule has 0 unspecified atom stereocenters. The summed E-state index contributed by atoms with van der Waals surface area (Å²) in [7, 11) is -3.30. The summed E-state index contributed by atoms with van der Waals surface area (Å²) in [5.41, 5.74) is 1.12. The predicted octanol–water partition coefficient (Wildman–Crippen LogP) is -0.133. The van der Waals surface area contributed by atoms with Gasteiger partial charge in [-0.15, -0.1) is 0 Å². The molecule has 18 heavy (non-hydrogen) atoms. The van der Waals surface area contributed by atoms with Gasteiger partial charge in [-0.25, -0.2) is 23.1 Å². The molecule has 0 radical (unpaired) electrons. The molecule has 2 aromatic rings. The quantitative estimate of drug-likeness (QED) is 0.832. The SMILES string of the molecule is Cc1cc(CO)nc(-n2cc(S(C)(=O)=O)cn2)n1. The molecule has 8 heteroatoms. The van der Waals surface area contributed by atoms with Gasteiger partial charge in [-0.2, -0.15) is 5.10 Å². The highest BCUT2D eigenvalue weighted by Gasteiger charge is 2.12. The first-order chi connectivity index (χ1) is 8.40. The maximum absolute atomic E-state index is 11.3. The van der Waals surface area contributed by atoms with Crippen LogP contribution in [0.1, 0.15) is 11.4 Å². The van der Waals surface area contributed by atoms with Crippen LogP contribution in [-0.4, -0.2) is 39.5 Å². The molecule has 2 rings (SSSR count). The van der Waals surface area contributed by atoms with Crippen molar-refractivity contribution in [1.82, 2.24) is 19.7 Å². The van der Waals surface area contributed by atoms with Crippen molar-refractivity contribution in [3.63, 3.8) is 0 Å². The molecule has 0 aliphatic carbocycles. The zero-order valence-electron chi connectivity index (χ0n) is 9.90. The molecule has 0 aliphatic rings. The fourth-order valence-electron chi connectivity index (χ4n) is 1.41. The van der Waals surface area contributed by atoms with E-state index in [-0.39, 0.29) is 17.5 Å². The summed E-state index contributed by atoms with van der Waals surface area (Å²) < 4.78 is 23.9. The van der Waals surface area contributed by atoms with Gasteiger partial charge in [-0.3, -0.25) is 0 Å². The van der Waals surface area contributed by atoms with Crippen LogP contribution in [0.15, 0.2) is 23.4 Å². The van der Waals surface area contributed by atoms with Gasteiger partial charge in [0.15, 0.2) is 9.84 Å². The van der Waals surface area contributed by atoms with E-state index in [1.165, 1.54) is 17.1 Å². The van der Waals surface area contributed by atoms with E-state index >= 15 is 0 Å². The highest BCUT2D eigenvalue weighted by atomic mass is 32.2. The van der Waals surface area contributed by atoms with Gasteiger partial charge in [0.2, 0.25) is 0 Å². The number of aliphatic hydroxyl groups is 1. The Hall–Kier alpha value is -1.80. The van der Waals surface area contributed by atoms with Gasteiger partial charge >= 0.3 is 0 Å². The molecule has 96 valence electrons. The Labute approximate surface area is 104 Å². The molecular formula is C10H12N4O3S. The fourth-order valence-corrected chi connectivity index (χ4v) is 1.94. The first kappa shape index (κ1) is 12.7. The third-order valence-corrected chi connectivity index (χ3v) is 3.32. The monoisotopic (exact) mass is 268 g/mol. The Kier molecular flexibility index (Phi) is 3.14. The van der Waals surface area contributed by atoms with Crippen LogP contribution < -0.4 is 0 Å². The van der Waals surface area contributed by atoms with Crippen LogP contribution in [0.4, 0.5) is 0 Å². The molecule has 0 amide bonds. The van der Waals surface area contributed by atoms with E-state index in [4.69, 9.17) is 5.11 Å². The van der Waals surface area contributed by atoms with Crippen molar-refractivity contribution >= 4 is 9.84 Å². The van der Waals surface area contributed by atoms with Crippen molar-refractivity contribution < 1.29 is 13.5 Å². The van der Waals surface area contributed by atoms with Crippen LogP contribution in [-0.2, 0) is 16.4 Å². The van der Waals surface area contributed by atoms with Gasteiger partial charge in [0.1, 0.15) is 4.90 Å². The Morgan fingerprint density at radius 2 is 2.11 bits per heavy atom. The van der Waals surface area contributed by atoms with E-state index in [0.29, 0.717) is 11.4 Å². The first-order valence-electron chi connectivity index (χ1n) is 5.10. The summed E-state index contributed by atoms with van der Waals surface area (Å²) in [4.78, 5) is 8.29. The number of rotatable bonds is 3. The summed E-state index contributed by atoms with van der Waals surface area (Å²) in [5.74, 6) is 0.231. The molecule has 0 atom stereocenters. The second-order valence-electron chi connectivity index (χ2n) is 3.85. The minimum absolute atomic E-state index is 0.0955.